The van der Waals surface area contributed by atoms with Crippen LogP contribution in [0, 0.1) is 0 Å². The molecule has 0 aliphatic heterocycles. The van der Waals surface area contributed by atoms with E-state index in [0.717, 1.165) is 28.0 Å². The molecule has 0 amide bonds. The second-order valence-corrected chi connectivity index (χ2v) is 4.84. The minimum absolute atomic E-state index is 0.900. The molecular formula is C18H13N3. The lowest BCUT2D eigenvalue weighted by Gasteiger charge is -2.10. The number of hydrogen-bond acceptors (Lipinski definition) is 2. The van der Waals surface area contributed by atoms with Crippen molar-refractivity contribution >= 4 is 11.0 Å². The van der Waals surface area contributed by atoms with Gasteiger partial charge in [0.2, 0.25) is 0 Å². The molecule has 0 N–H and O–H groups in total. The van der Waals surface area contributed by atoms with Crippen LogP contribution in [0.15, 0.2) is 79.3 Å². The molecule has 0 bridgehead atoms. The van der Waals surface area contributed by atoms with E-state index in [0.29, 0.717) is 0 Å². The number of pyridine rings is 1. The summed E-state index contributed by atoms with van der Waals surface area (Å²) in [5, 5.41) is 0. The molecular weight excluding hydrogens is 258 g/mol. The van der Waals surface area contributed by atoms with Crippen molar-refractivity contribution in [3.63, 3.8) is 0 Å². The van der Waals surface area contributed by atoms with Gasteiger partial charge in [0, 0.05) is 11.8 Å². The van der Waals surface area contributed by atoms with Crippen LogP contribution in [0.1, 0.15) is 0 Å². The lowest BCUT2D eigenvalue weighted by atomic mass is 10.1. The highest BCUT2D eigenvalue weighted by Crippen LogP contribution is 2.27. The van der Waals surface area contributed by atoms with Gasteiger partial charge in [-0.15, -0.1) is 0 Å². The summed E-state index contributed by atoms with van der Waals surface area (Å²) in [4.78, 5) is 9.02. The summed E-state index contributed by atoms with van der Waals surface area (Å²) in [5.74, 6) is 0.900. The van der Waals surface area contributed by atoms with Gasteiger partial charge in [0.1, 0.15) is 12.1 Å². The third-order valence-electron chi connectivity index (χ3n) is 3.55. The number of imidazole rings is 1. The molecule has 0 saturated heterocycles. The Morgan fingerprint density at radius 2 is 1.52 bits per heavy atom. The molecule has 2 heterocycles. The lowest BCUT2D eigenvalue weighted by molar-refractivity contribution is 1.02. The molecule has 4 aromatic rings. The van der Waals surface area contributed by atoms with Crippen LogP contribution < -0.4 is 0 Å². The highest BCUT2D eigenvalue weighted by Gasteiger charge is 2.10. The highest BCUT2D eigenvalue weighted by molar-refractivity contribution is 5.80. The van der Waals surface area contributed by atoms with Crippen molar-refractivity contribution in [3.8, 4) is 16.9 Å². The fourth-order valence-corrected chi connectivity index (χ4v) is 2.56. The Morgan fingerprint density at radius 1 is 0.714 bits per heavy atom. The Hall–Kier alpha value is -2.94. The van der Waals surface area contributed by atoms with Crippen LogP contribution in [0.25, 0.3) is 28.0 Å². The molecule has 0 saturated carbocycles. The molecule has 100 valence electrons. The normalized spacial score (nSPS) is 10.9. The van der Waals surface area contributed by atoms with E-state index in [1.807, 2.05) is 59.6 Å². The molecule has 0 fully saturated rings. The van der Waals surface area contributed by atoms with E-state index in [9.17, 15) is 0 Å². The number of nitrogens with zero attached hydrogens (tertiary/aromatic N) is 3. The maximum atomic E-state index is 4.57. The Morgan fingerprint density at radius 3 is 2.43 bits per heavy atom. The maximum Gasteiger partial charge on any atom is 0.146 e. The molecule has 0 aliphatic carbocycles. The summed E-state index contributed by atoms with van der Waals surface area (Å²) in [6, 6.07) is 22.4. The predicted molar refractivity (Wildman–Crippen MR) is 84.3 cm³/mol. The van der Waals surface area contributed by atoms with Crippen molar-refractivity contribution in [3.05, 3.63) is 79.3 Å². The van der Waals surface area contributed by atoms with E-state index < -0.39 is 0 Å². The van der Waals surface area contributed by atoms with E-state index in [-0.39, 0.29) is 0 Å². The average molecular weight is 271 g/mol. The first-order valence-corrected chi connectivity index (χ1v) is 6.86. The summed E-state index contributed by atoms with van der Waals surface area (Å²) < 4.78 is 2.04. The van der Waals surface area contributed by atoms with Crippen LogP contribution >= 0.6 is 0 Å². The summed E-state index contributed by atoms with van der Waals surface area (Å²) in [5.41, 5.74) is 4.29. The molecule has 0 aliphatic rings. The van der Waals surface area contributed by atoms with Crippen molar-refractivity contribution in [2.45, 2.75) is 0 Å². The van der Waals surface area contributed by atoms with Gasteiger partial charge >= 0.3 is 0 Å². The van der Waals surface area contributed by atoms with Crippen molar-refractivity contribution in [1.82, 2.24) is 14.5 Å². The Labute approximate surface area is 122 Å². The predicted octanol–water partition coefficient (Wildman–Crippen LogP) is 4.09. The molecule has 2 aromatic heterocycles. The van der Waals surface area contributed by atoms with Crippen molar-refractivity contribution < 1.29 is 0 Å². The Kier molecular flexibility index (Phi) is 2.75. The van der Waals surface area contributed by atoms with Gasteiger partial charge in [-0.3, -0.25) is 4.57 Å². The number of hydrogen-bond donors (Lipinski definition) is 0. The van der Waals surface area contributed by atoms with Gasteiger partial charge in [-0.05, 0) is 29.8 Å². The number of para-hydroxylation sites is 2. The smallest absolute Gasteiger partial charge is 0.146 e. The van der Waals surface area contributed by atoms with Crippen molar-refractivity contribution in [2.75, 3.05) is 0 Å². The van der Waals surface area contributed by atoms with Gasteiger partial charge in [-0.25, -0.2) is 9.97 Å². The molecule has 0 atom stereocenters. The number of rotatable bonds is 2. The van der Waals surface area contributed by atoms with Gasteiger partial charge in [0.05, 0.1) is 11.0 Å². The number of fused-ring (bicyclic) bond motifs is 1. The van der Waals surface area contributed by atoms with Crippen molar-refractivity contribution in [1.29, 1.82) is 0 Å². The third kappa shape index (κ3) is 1.99. The third-order valence-corrected chi connectivity index (χ3v) is 3.55. The minimum Gasteiger partial charge on any atom is -0.282 e. The first kappa shape index (κ1) is 11.9. The van der Waals surface area contributed by atoms with Gasteiger partial charge < -0.3 is 0 Å². The lowest BCUT2D eigenvalue weighted by Crippen LogP contribution is -1.98. The topological polar surface area (TPSA) is 30.7 Å². The van der Waals surface area contributed by atoms with Crippen LogP contribution in [0.3, 0.4) is 0 Å². The molecule has 3 heteroatoms. The number of benzene rings is 2. The van der Waals surface area contributed by atoms with E-state index in [1.165, 1.54) is 0 Å². The SMILES string of the molecule is c1ccc(-c2cccnc2-n2cnc3ccccc32)cc1. The summed E-state index contributed by atoms with van der Waals surface area (Å²) in [7, 11) is 0. The van der Waals surface area contributed by atoms with E-state index >= 15 is 0 Å². The summed E-state index contributed by atoms with van der Waals surface area (Å²) >= 11 is 0. The minimum atomic E-state index is 0.900. The van der Waals surface area contributed by atoms with Gasteiger partial charge in [-0.2, -0.15) is 0 Å². The highest BCUT2D eigenvalue weighted by atomic mass is 15.1. The van der Waals surface area contributed by atoms with Gasteiger partial charge in [0.15, 0.2) is 0 Å². The van der Waals surface area contributed by atoms with Crippen LogP contribution in [-0.4, -0.2) is 14.5 Å². The van der Waals surface area contributed by atoms with Crippen LogP contribution in [0.4, 0.5) is 0 Å². The van der Waals surface area contributed by atoms with E-state index in [2.05, 4.69) is 34.2 Å². The largest absolute Gasteiger partial charge is 0.282 e. The fourth-order valence-electron chi connectivity index (χ4n) is 2.56. The maximum absolute atomic E-state index is 4.57. The molecule has 4 rings (SSSR count). The van der Waals surface area contributed by atoms with Gasteiger partial charge in [-0.1, -0.05) is 42.5 Å². The Bertz CT molecular complexity index is 894. The molecule has 21 heavy (non-hydrogen) atoms. The fraction of sp³-hybridized carbons (Fsp3) is 0. The van der Waals surface area contributed by atoms with Gasteiger partial charge in [0.25, 0.3) is 0 Å². The van der Waals surface area contributed by atoms with Crippen molar-refractivity contribution in [2.24, 2.45) is 0 Å². The summed E-state index contributed by atoms with van der Waals surface area (Å²) in [6.45, 7) is 0. The second kappa shape index (κ2) is 4.87. The van der Waals surface area contributed by atoms with E-state index in [4.69, 9.17) is 0 Å². The standard InChI is InChI=1S/C18H13N3/c1-2-7-14(8-3-1)15-9-6-12-19-18(15)21-13-20-16-10-4-5-11-17(16)21/h1-13H. The average Bonchev–Trinajstić information content (AvgIpc) is 3.00. The zero-order valence-electron chi connectivity index (χ0n) is 11.3. The van der Waals surface area contributed by atoms with Crippen LogP contribution in [0.5, 0.6) is 0 Å². The Balaban J connectivity index is 1.98. The summed E-state index contributed by atoms with van der Waals surface area (Å²) in [6.07, 6.45) is 3.65. The molecule has 0 radical (unpaired) electrons. The molecule has 2 aromatic carbocycles. The number of aromatic nitrogens is 3. The van der Waals surface area contributed by atoms with Crippen LogP contribution in [-0.2, 0) is 0 Å². The zero-order chi connectivity index (χ0) is 14.1. The second-order valence-electron chi connectivity index (χ2n) is 4.84. The first-order valence-electron chi connectivity index (χ1n) is 6.86. The molecule has 3 nitrogen and oxygen atoms in total. The first-order chi connectivity index (χ1) is 10.4. The monoisotopic (exact) mass is 271 g/mol. The zero-order valence-corrected chi connectivity index (χ0v) is 11.3. The van der Waals surface area contributed by atoms with Crippen LogP contribution in [0.2, 0.25) is 0 Å². The molecule has 0 spiro atoms. The molecule has 0 unspecified atom stereocenters. The van der Waals surface area contributed by atoms with E-state index in [1.54, 1.807) is 0 Å². The quantitative estimate of drug-likeness (QED) is 0.550.